The van der Waals surface area contributed by atoms with Crippen LogP contribution in [0.4, 0.5) is 0 Å². The average molecular weight is 344 g/mol. The van der Waals surface area contributed by atoms with E-state index in [0.29, 0.717) is 24.9 Å². The average Bonchev–Trinajstić information content (AvgIpc) is 3.27. The van der Waals surface area contributed by atoms with Crippen molar-refractivity contribution in [3.63, 3.8) is 0 Å². The van der Waals surface area contributed by atoms with Crippen molar-refractivity contribution in [2.75, 3.05) is 32.8 Å². The van der Waals surface area contributed by atoms with Crippen LogP contribution in [0.25, 0.3) is 0 Å². The van der Waals surface area contributed by atoms with E-state index in [1.165, 1.54) is 16.2 Å². The zero-order valence-electron chi connectivity index (χ0n) is 15.0. The molecule has 3 heterocycles. The number of carbonyl (C=O) groups excluding carboxylic acids is 1. The summed E-state index contributed by atoms with van der Waals surface area (Å²) in [7, 11) is 0. The molecule has 0 N–H and O–H groups in total. The quantitative estimate of drug-likeness (QED) is 0.841. The van der Waals surface area contributed by atoms with Gasteiger partial charge in [0.25, 0.3) is 0 Å². The number of amides is 1. The summed E-state index contributed by atoms with van der Waals surface area (Å²) >= 11 is 0. The first kappa shape index (κ1) is 17.0. The molecule has 0 aliphatic carbocycles. The summed E-state index contributed by atoms with van der Waals surface area (Å²) in [6.45, 7) is 7.53. The van der Waals surface area contributed by atoms with E-state index in [-0.39, 0.29) is 12.0 Å². The minimum atomic E-state index is 0.0716. The van der Waals surface area contributed by atoms with Gasteiger partial charge in [-0.15, -0.1) is 0 Å². The molecule has 3 saturated heterocycles. The maximum absolute atomic E-state index is 12.3. The Balaban J connectivity index is 1.31. The highest BCUT2D eigenvalue weighted by Gasteiger charge is 2.42. The number of rotatable bonds is 4. The number of fused-ring (bicyclic) bond motifs is 1. The molecular weight excluding hydrogens is 316 g/mol. The molecule has 3 aliphatic heterocycles. The number of likely N-dealkylation sites (tertiary alicyclic amines) is 1. The number of hydroxylamine groups is 2. The topological polar surface area (TPSA) is 42.0 Å². The Morgan fingerprint density at radius 2 is 2.16 bits per heavy atom. The van der Waals surface area contributed by atoms with Crippen molar-refractivity contribution in [1.82, 2.24) is 9.96 Å². The number of ether oxygens (including phenoxy) is 1. The van der Waals surface area contributed by atoms with E-state index in [2.05, 4.69) is 36.1 Å². The largest absolute Gasteiger partial charge is 0.377 e. The Labute approximate surface area is 149 Å². The Kier molecular flexibility index (Phi) is 5.06. The summed E-state index contributed by atoms with van der Waals surface area (Å²) in [5, 5.41) is 1.53. The fourth-order valence-corrected chi connectivity index (χ4v) is 4.46. The highest BCUT2D eigenvalue weighted by molar-refractivity contribution is 5.75. The van der Waals surface area contributed by atoms with Crippen molar-refractivity contribution in [3.8, 4) is 0 Å². The fraction of sp³-hybridized carbons (Fsp3) is 0.650. The van der Waals surface area contributed by atoms with Gasteiger partial charge in [0.1, 0.15) is 0 Å². The highest BCUT2D eigenvalue weighted by Crippen LogP contribution is 2.36. The predicted octanol–water partition coefficient (Wildman–Crippen LogP) is 2.39. The molecule has 136 valence electrons. The van der Waals surface area contributed by atoms with Crippen LogP contribution in [0.15, 0.2) is 24.3 Å². The lowest BCUT2D eigenvalue weighted by Gasteiger charge is -2.36. The first-order valence-corrected chi connectivity index (χ1v) is 9.52. The minimum absolute atomic E-state index is 0.0716. The van der Waals surface area contributed by atoms with Gasteiger partial charge in [-0.25, -0.2) is 5.06 Å². The van der Waals surface area contributed by atoms with E-state index in [9.17, 15) is 4.79 Å². The van der Waals surface area contributed by atoms with Gasteiger partial charge in [0.15, 0.2) is 0 Å². The van der Waals surface area contributed by atoms with Gasteiger partial charge in [0.05, 0.1) is 32.3 Å². The first-order chi connectivity index (χ1) is 12.2. The smallest absolute Gasteiger partial charge is 0.248 e. The van der Waals surface area contributed by atoms with Crippen molar-refractivity contribution in [2.24, 2.45) is 11.8 Å². The van der Waals surface area contributed by atoms with Gasteiger partial charge >= 0.3 is 0 Å². The number of nitrogens with zero attached hydrogens (tertiary/aromatic N) is 2. The van der Waals surface area contributed by atoms with Crippen molar-refractivity contribution in [3.05, 3.63) is 35.4 Å². The predicted molar refractivity (Wildman–Crippen MR) is 94.7 cm³/mol. The van der Waals surface area contributed by atoms with Crippen molar-refractivity contribution in [1.29, 1.82) is 0 Å². The minimum Gasteiger partial charge on any atom is -0.377 e. The third-order valence-corrected chi connectivity index (χ3v) is 5.94. The highest BCUT2D eigenvalue weighted by atomic mass is 16.7. The fourth-order valence-electron chi connectivity index (χ4n) is 4.46. The molecule has 4 rings (SSSR count). The zero-order valence-corrected chi connectivity index (χ0v) is 15.0. The van der Waals surface area contributed by atoms with Gasteiger partial charge in [-0.3, -0.25) is 14.5 Å². The molecule has 0 saturated carbocycles. The lowest BCUT2D eigenvalue weighted by atomic mass is 9.83. The van der Waals surface area contributed by atoms with E-state index in [1.807, 2.05) is 0 Å². The van der Waals surface area contributed by atoms with Crippen molar-refractivity contribution < 1.29 is 14.4 Å². The zero-order chi connectivity index (χ0) is 17.2. The third-order valence-electron chi connectivity index (χ3n) is 5.94. The summed E-state index contributed by atoms with van der Waals surface area (Å²) in [5.74, 6) is 1.15. The third kappa shape index (κ3) is 3.73. The Morgan fingerprint density at radius 3 is 2.96 bits per heavy atom. The number of hydrogen-bond donors (Lipinski definition) is 0. The van der Waals surface area contributed by atoms with Crippen molar-refractivity contribution in [2.45, 2.75) is 38.8 Å². The SMILES string of the molecule is Cc1ccccc1CN1CC[C@@H]2[C@@H](CO[C@H]2CC(=O)N2CCCO2)C1. The number of piperidine rings is 1. The lowest BCUT2D eigenvalue weighted by Crippen LogP contribution is -2.42. The molecule has 3 aliphatic rings. The second-order valence-electron chi connectivity index (χ2n) is 7.63. The Bertz CT molecular complexity index is 615. The van der Waals surface area contributed by atoms with E-state index < -0.39 is 0 Å². The van der Waals surface area contributed by atoms with Crippen LogP contribution >= 0.6 is 0 Å². The molecule has 3 fully saturated rings. The van der Waals surface area contributed by atoms with E-state index in [4.69, 9.17) is 9.57 Å². The van der Waals surface area contributed by atoms with E-state index in [0.717, 1.165) is 45.6 Å². The van der Waals surface area contributed by atoms with Crippen LogP contribution in [0.5, 0.6) is 0 Å². The van der Waals surface area contributed by atoms with Gasteiger partial charge in [0.2, 0.25) is 5.91 Å². The summed E-state index contributed by atoms with van der Waals surface area (Å²) in [6.07, 6.45) is 2.60. The molecule has 0 bridgehead atoms. The summed E-state index contributed by atoms with van der Waals surface area (Å²) < 4.78 is 6.02. The molecule has 0 spiro atoms. The van der Waals surface area contributed by atoms with Gasteiger partial charge in [-0.1, -0.05) is 24.3 Å². The Morgan fingerprint density at radius 1 is 1.28 bits per heavy atom. The second-order valence-corrected chi connectivity index (χ2v) is 7.63. The van der Waals surface area contributed by atoms with E-state index in [1.54, 1.807) is 0 Å². The maximum Gasteiger partial charge on any atom is 0.248 e. The molecular formula is C20H28N2O3. The second kappa shape index (κ2) is 7.44. The van der Waals surface area contributed by atoms with Gasteiger partial charge in [-0.2, -0.15) is 0 Å². The number of hydrogen-bond acceptors (Lipinski definition) is 4. The van der Waals surface area contributed by atoms with Crippen LogP contribution in [-0.4, -0.2) is 54.8 Å². The monoisotopic (exact) mass is 344 g/mol. The van der Waals surface area contributed by atoms with Crippen LogP contribution < -0.4 is 0 Å². The molecule has 3 atom stereocenters. The molecule has 1 amide bonds. The first-order valence-electron chi connectivity index (χ1n) is 9.52. The summed E-state index contributed by atoms with van der Waals surface area (Å²) in [6, 6.07) is 8.63. The van der Waals surface area contributed by atoms with Gasteiger partial charge in [-0.05, 0) is 43.4 Å². The van der Waals surface area contributed by atoms with E-state index >= 15 is 0 Å². The maximum atomic E-state index is 12.3. The van der Waals surface area contributed by atoms with Gasteiger partial charge < -0.3 is 4.74 Å². The number of carbonyl (C=O) groups is 1. The standard InChI is InChI=1S/C20H28N2O3/c1-15-5-2-3-6-16(15)12-21-9-7-18-17(13-21)14-24-19(18)11-20(23)22-8-4-10-25-22/h2-3,5-6,17-19H,4,7-14H2,1H3/t17-,18-,19+/m1/s1. The summed E-state index contributed by atoms with van der Waals surface area (Å²) in [4.78, 5) is 20.2. The molecule has 0 aromatic heterocycles. The molecule has 5 nitrogen and oxygen atoms in total. The lowest BCUT2D eigenvalue weighted by molar-refractivity contribution is -0.171. The molecule has 0 unspecified atom stereocenters. The Hall–Kier alpha value is -1.43. The van der Waals surface area contributed by atoms with Crippen molar-refractivity contribution >= 4 is 5.91 Å². The van der Waals surface area contributed by atoms with Crippen LogP contribution in [0, 0.1) is 18.8 Å². The van der Waals surface area contributed by atoms with Crippen LogP contribution in [0.2, 0.25) is 0 Å². The molecule has 1 aromatic rings. The number of benzene rings is 1. The molecule has 1 aromatic carbocycles. The van der Waals surface area contributed by atoms with Crippen LogP contribution in [0.1, 0.15) is 30.4 Å². The normalized spacial score (nSPS) is 29.8. The molecule has 5 heteroatoms. The molecule has 25 heavy (non-hydrogen) atoms. The summed E-state index contributed by atoms with van der Waals surface area (Å²) in [5.41, 5.74) is 2.78. The van der Waals surface area contributed by atoms with Crippen LogP contribution in [-0.2, 0) is 20.9 Å². The van der Waals surface area contributed by atoms with Crippen LogP contribution in [0.3, 0.4) is 0 Å². The van der Waals surface area contributed by atoms with Gasteiger partial charge in [0, 0.05) is 19.0 Å². The molecule has 0 radical (unpaired) electrons. The number of aryl methyl sites for hydroxylation is 1.